The molecule has 1 aromatic heterocycles. The first kappa shape index (κ1) is 14.1. The molecule has 3 N–H and O–H groups in total. The van der Waals surface area contributed by atoms with Gasteiger partial charge in [-0.15, -0.1) is 0 Å². The van der Waals surface area contributed by atoms with E-state index >= 15 is 0 Å². The predicted molar refractivity (Wildman–Crippen MR) is 77.5 cm³/mol. The van der Waals surface area contributed by atoms with E-state index in [4.69, 9.17) is 5.73 Å². The van der Waals surface area contributed by atoms with Crippen molar-refractivity contribution in [3.05, 3.63) is 34.6 Å². The van der Waals surface area contributed by atoms with E-state index in [0.717, 1.165) is 0 Å². The van der Waals surface area contributed by atoms with Crippen LogP contribution in [-0.2, 0) is 0 Å². The van der Waals surface area contributed by atoms with Crippen LogP contribution >= 0.6 is 0 Å². The molecule has 7 nitrogen and oxygen atoms in total. The van der Waals surface area contributed by atoms with Crippen LogP contribution in [0.4, 0.5) is 11.5 Å². The fourth-order valence-corrected chi connectivity index (χ4v) is 1.95. The van der Waals surface area contributed by atoms with E-state index < -0.39 is 4.92 Å². The van der Waals surface area contributed by atoms with Crippen molar-refractivity contribution in [2.45, 2.75) is 19.9 Å². The van der Waals surface area contributed by atoms with E-state index in [1.165, 1.54) is 18.5 Å². The average molecular weight is 275 g/mol. The highest BCUT2D eigenvalue weighted by Gasteiger charge is 2.15. The van der Waals surface area contributed by atoms with Crippen LogP contribution in [0, 0.1) is 16.0 Å². The number of hydrogen-bond acceptors (Lipinski definition) is 6. The van der Waals surface area contributed by atoms with Crippen molar-refractivity contribution in [2.24, 2.45) is 11.7 Å². The summed E-state index contributed by atoms with van der Waals surface area (Å²) >= 11 is 0. The number of fused-ring (bicyclic) bond motifs is 1. The number of rotatable bonds is 5. The van der Waals surface area contributed by atoms with Crippen molar-refractivity contribution in [3.8, 4) is 0 Å². The zero-order chi connectivity index (χ0) is 14.7. The number of benzene rings is 1. The first-order valence-electron chi connectivity index (χ1n) is 6.38. The van der Waals surface area contributed by atoms with Crippen molar-refractivity contribution < 1.29 is 4.92 Å². The first-order chi connectivity index (χ1) is 9.52. The molecule has 0 saturated heterocycles. The van der Waals surface area contributed by atoms with E-state index in [2.05, 4.69) is 29.1 Å². The molecule has 0 radical (unpaired) electrons. The third-order valence-electron chi connectivity index (χ3n) is 3.21. The highest BCUT2D eigenvalue weighted by molar-refractivity contribution is 5.90. The lowest BCUT2D eigenvalue weighted by atomic mass is 10.0. The number of hydrogen-bond donors (Lipinski definition) is 2. The molecular weight excluding hydrogens is 258 g/mol. The van der Waals surface area contributed by atoms with Gasteiger partial charge < -0.3 is 11.1 Å². The number of anilines is 1. The summed E-state index contributed by atoms with van der Waals surface area (Å²) in [5.74, 6) is 0.895. The van der Waals surface area contributed by atoms with E-state index in [1.807, 2.05) is 0 Å². The van der Waals surface area contributed by atoms with Crippen LogP contribution < -0.4 is 11.1 Å². The summed E-state index contributed by atoms with van der Waals surface area (Å²) in [6.45, 7) is 4.56. The molecule has 1 atom stereocenters. The minimum absolute atomic E-state index is 0.0178. The van der Waals surface area contributed by atoms with E-state index in [1.54, 1.807) is 6.07 Å². The second-order valence-corrected chi connectivity index (χ2v) is 4.91. The highest BCUT2D eigenvalue weighted by atomic mass is 16.6. The van der Waals surface area contributed by atoms with Gasteiger partial charge in [-0.05, 0) is 12.0 Å². The first-order valence-corrected chi connectivity index (χ1v) is 6.38. The topological polar surface area (TPSA) is 107 Å². The summed E-state index contributed by atoms with van der Waals surface area (Å²) in [4.78, 5) is 18.7. The molecule has 0 aliphatic rings. The lowest BCUT2D eigenvalue weighted by Crippen LogP contribution is -2.34. The minimum atomic E-state index is -0.431. The molecule has 1 unspecified atom stereocenters. The van der Waals surface area contributed by atoms with Gasteiger partial charge in [0.1, 0.15) is 12.1 Å². The Kier molecular flexibility index (Phi) is 4.09. The Bertz CT molecular complexity index is 629. The van der Waals surface area contributed by atoms with Crippen molar-refractivity contribution in [2.75, 3.05) is 11.9 Å². The third kappa shape index (κ3) is 2.83. The van der Waals surface area contributed by atoms with E-state index in [0.29, 0.717) is 29.2 Å². The summed E-state index contributed by atoms with van der Waals surface area (Å²) in [7, 11) is 0. The van der Waals surface area contributed by atoms with Gasteiger partial charge >= 0.3 is 0 Å². The van der Waals surface area contributed by atoms with E-state index in [-0.39, 0.29) is 11.7 Å². The molecule has 0 saturated carbocycles. The number of nitrogens with two attached hydrogens (primary N) is 1. The Balaban J connectivity index is 2.46. The molecule has 0 aliphatic carbocycles. The van der Waals surface area contributed by atoms with Gasteiger partial charge in [0, 0.05) is 30.1 Å². The third-order valence-corrected chi connectivity index (χ3v) is 3.21. The number of non-ortho nitro benzene ring substituents is 1. The van der Waals surface area contributed by atoms with Gasteiger partial charge in [-0.1, -0.05) is 13.8 Å². The predicted octanol–water partition coefficient (Wildman–Crippen LogP) is 1.93. The van der Waals surface area contributed by atoms with Crippen LogP contribution in [0.15, 0.2) is 24.5 Å². The van der Waals surface area contributed by atoms with Gasteiger partial charge in [-0.2, -0.15) is 0 Å². The standard InChI is InChI=1S/C13H17N5O2/c1-8(2)12(6-14)17-13-10-5-9(18(19)20)3-4-11(10)15-7-16-13/h3-5,7-8,12H,6,14H2,1-2H3,(H,15,16,17). The number of aromatic nitrogens is 2. The minimum Gasteiger partial charge on any atom is -0.365 e. The molecule has 1 heterocycles. The maximum atomic E-state index is 10.9. The summed E-state index contributed by atoms with van der Waals surface area (Å²) in [6, 6.07) is 4.58. The molecule has 2 aromatic rings. The Morgan fingerprint density at radius 3 is 2.75 bits per heavy atom. The highest BCUT2D eigenvalue weighted by Crippen LogP contribution is 2.25. The maximum absolute atomic E-state index is 10.9. The molecule has 1 aromatic carbocycles. The molecule has 0 spiro atoms. The zero-order valence-electron chi connectivity index (χ0n) is 11.4. The quantitative estimate of drug-likeness (QED) is 0.637. The van der Waals surface area contributed by atoms with Gasteiger partial charge in [0.2, 0.25) is 0 Å². The Hall–Kier alpha value is -2.28. The summed E-state index contributed by atoms with van der Waals surface area (Å²) in [5.41, 5.74) is 6.41. The van der Waals surface area contributed by atoms with Crippen molar-refractivity contribution >= 4 is 22.4 Å². The number of nitrogens with zero attached hydrogens (tertiary/aromatic N) is 3. The van der Waals surface area contributed by atoms with Gasteiger partial charge in [-0.3, -0.25) is 10.1 Å². The van der Waals surface area contributed by atoms with Crippen LogP contribution in [0.3, 0.4) is 0 Å². The summed E-state index contributed by atoms with van der Waals surface area (Å²) in [6.07, 6.45) is 1.43. The van der Waals surface area contributed by atoms with Crippen LogP contribution in [0.25, 0.3) is 10.9 Å². The van der Waals surface area contributed by atoms with Crippen LogP contribution in [0.2, 0.25) is 0 Å². The zero-order valence-corrected chi connectivity index (χ0v) is 11.4. The van der Waals surface area contributed by atoms with Gasteiger partial charge in [0.05, 0.1) is 10.4 Å². The smallest absolute Gasteiger partial charge is 0.270 e. The molecule has 20 heavy (non-hydrogen) atoms. The van der Waals surface area contributed by atoms with Gasteiger partial charge in [0.15, 0.2) is 0 Å². The molecule has 0 aliphatic heterocycles. The van der Waals surface area contributed by atoms with Gasteiger partial charge in [0.25, 0.3) is 5.69 Å². The number of nitro benzene ring substituents is 1. The van der Waals surface area contributed by atoms with Gasteiger partial charge in [-0.25, -0.2) is 9.97 Å². The Morgan fingerprint density at radius 1 is 1.40 bits per heavy atom. The second kappa shape index (κ2) is 5.79. The normalized spacial score (nSPS) is 12.6. The molecule has 0 fully saturated rings. The Labute approximate surface area is 116 Å². The summed E-state index contributed by atoms with van der Waals surface area (Å²) in [5, 5.41) is 14.7. The number of nitrogens with one attached hydrogen (secondary N) is 1. The molecule has 2 rings (SSSR count). The molecule has 7 heteroatoms. The average Bonchev–Trinajstić information content (AvgIpc) is 2.43. The monoisotopic (exact) mass is 275 g/mol. The SMILES string of the molecule is CC(C)C(CN)Nc1ncnc2ccc([N+](=O)[O-])cc12. The largest absolute Gasteiger partial charge is 0.365 e. The fourth-order valence-electron chi connectivity index (χ4n) is 1.95. The van der Waals surface area contributed by atoms with Crippen LogP contribution in [-0.4, -0.2) is 27.5 Å². The lowest BCUT2D eigenvalue weighted by Gasteiger charge is -2.21. The summed E-state index contributed by atoms with van der Waals surface area (Å²) < 4.78 is 0. The van der Waals surface area contributed by atoms with E-state index in [9.17, 15) is 10.1 Å². The fraction of sp³-hybridized carbons (Fsp3) is 0.385. The van der Waals surface area contributed by atoms with Crippen molar-refractivity contribution in [1.29, 1.82) is 0 Å². The molecule has 0 amide bonds. The maximum Gasteiger partial charge on any atom is 0.270 e. The molecule has 0 bridgehead atoms. The molecular formula is C13H17N5O2. The Morgan fingerprint density at radius 2 is 2.15 bits per heavy atom. The second-order valence-electron chi connectivity index (χ2n) is 4.91. The lowest BCUT2D eigenvalue weighted by molar-refractivity contribution is -0.384. The van der Waals surface area contributed by atoms with Crippen LogP contribution in [0.1, 0.15) is 13.8 Å². The number of nitro groups is 1. The van der Waals surface area contributed by atoms with Crippen molar-refractivity contribution in [3.63, 3.8) is 0 Å². The van der Waals surface area contributed by atoms with Crippen LogP contribution in [0.5, 0.6) is 0 Å². The van der Waals surface area contributed by atoms with Crippen molar-refractivity contribution in [1.82, 2.24) is 9.97 Å². The molecule has 106 valence electrons.